The molecule has 0 spiro atoms. The zero-order valence-corrected chi connectivity index (χ0v) is 19.5. The molecule has 7 nitrogen and oxygen atoms in total. The number of aliphatic carboxylic acids is 1. The number of hydrogen-bond acceptors (Lipinski definition) is 5. The van der Waals surface area contributed by atoms with Crippen LogP contribution >= 0.6 is 0 Å². The lowest BCUT2D eigenvalue weighted by Gasteiger charge is -2.40. The number of β-lactam (4-membered cyclic amide) rings is 1. The van der Waals surface area contributed by atoms with E-state index in [0.29, 0.717) is 5.56 Å². The average Bonchev–Trinajstić information content (AvgIpc) is 3.13. The maximum absolute atomic E-state index is 12.6. The van der Waals surface area contributed by atoms with Crippen molar-refractivity contribution < 1.29 is 29.0 Å². The molecule has 0 aromatic heterocycles. The van der Waals surface area contributed by atoms with Crippen LogP contribution < -0.4 is 0 Å². The highest BCUT2D eigenvalue weighted by atomic mass is 16.5. The summed E-state index contributed by atoms with van der Waals surface area (Å²) in [5.41, 5.74) is 1.72. The zero-order valence-electron chi connectivity index (χ0n) is 19.5. The highest BCUT2D eigenvalue weighted by Crippen LogP contribution is 2.46. The SMILES string of the molecule is O=C(OC/C=C1\O[C@@H]2CC(=O)N2[C@@]1(Cc1ccccc1)C(=O)O)c1ccc(Cc2ccccc2)cc1. The summed E-state index contributed by atoms with van der Waals surface area (Å²) in [4.78, 5) is 38.8. The first-order valence-electron chi connectivity index (χ1n) is 11.7. The van der Waals surface area contributed by atoms with Crippen LogP contribution in [0.3, 0.4) is 0 Å². The largest absolute Gasteiger partial charge is 0.479 e. The fourth-order valence-electron chi connectivity index (χ4n) is 4.73. The van der Waals surface area contributed by atoms with Gasteiger partial charge in [-0.15, -0.1) is 0 Å². The van der Waals surface area contributed by atoms with E-state index < -0.39 is 23.7 Å². The molecular formula is C29H25NO6. The number of carbonyl (C=O) groups is 3. The molecule has 0 unspecified atom stereocenters. The van der Waals surface area contributed by atoms with Crippen molar-refractivity contribution in [2.24, 2.45) is 0 Å². The number of carboxylic acids is 1. The van der Waals surface area contributed by atoms with Crippen molar-refractivity contribution in [1.82, 2.24) is 4.90 Å². The second-order valence-corrected chi connectivity index (χ2v) is 8.89. The number of fused-ring (bicyclic) bond motifs is 1. The van der Waals surface area contributed by atoms with Crippen molar-refractivity contribution >= 4 is 17.8 Å². The minimum absolute atomic E-state index is 0.0497. The number of esters is 1. The van der Waals surface area contributed by atoms with Crippen LogP contribution in [0.5, 0.6) is 0 Å². The van der Waals surface area contributed by atoms with Gasteiger partial charge in [0.2, 0.25) is 11.4 Å². The maximum Gasteiger partial charge on any atom is 0.338 e. The van der Waals surface area contributed by atoms with E-state index in [-0.39, 0.29) is 31.1 Å². The molecule has 2 heterocycles. The Kier molecular flexibility index (Phi) is 6.29. The predicted molar refractivity (Wildman–Crippen MR) is 131 cm³/mol. The van der Waals surface area contributed by atoms with E-state index in [0.717, 1.165) is 17.5 Å². The summed E-state index contributed by atoms with van der Waals surface area (Å²) in [6.07, 6.45) is 1.75. The number of carbonyl (C=O) groups excluding carboxylic acids is 2. The Morgan fingerprint density at radius 3 is 2.17 bits per heavy atom. The first kappa shape index (κ1) is 23.4. The Balaban J connectivity index is 1.29. The molecule has 2 aliphatic heterocycles. The van der Waals surface area contributed by atoms with Gasteiger partial charge >= 0.3 is 11.9 Å². The maximum atomic E-state index is 12.6. The number of carboxylic acid groups (broad SMARTS) is 1. The number of nitrogens with zero attached hydrogens (tertiary/aromatic N) is 1. The number of rotatable bonds is 8. The third-order valence-electron chi connectivity index (χ3n) is 6.57. The third-order valence-corrected chi connectivity index (χ3v) is 6.57. The molecule has 0 aliphatic carbocycles. The Labute approximate surface area is 208 Å². The van der Waals surface area contributed by atoms with Crippen LogP contribution in [0.2, 0.25) is 0 Å². The molecule has 2 aliphatic rings. The Hall–Kier alpha value is -4.39. The first-order chi connectivity index (χ1) is 17.5. The van der Waals surface area contributed by atoms with Gasteiger partial charge in [-0.1, -0.05) is 72.8 Å². The van der Waals surface area contributed by atoms with Gasteiger partial charge in [0.05, 0.1) is 12.0 Å². The molecule has 1 N–H and O–H groups in total. The fourth-order valence-corrected chi connectivity index (χ4v) is 4.73. The molecule has 3 aromatic carbocycles. The molecule has 182 valence electrons. The van der Waals surface area contributed by atoms with E-state index in [4.69, 9.17) is 9.47 Å². The second kappa shape index (κ2) is 9.70. The van der Waals surface area contributed by atoms with Gasteiger partial charge in [0.15, 0.2) is 6.23 Å². The number of amides is 1. The van der Waals surface area contributed by atoms with Crippen LogP contribution in [-0.2, 0) is 31.9 Å². The summed E-state index contributed by atoms with van der Waals surface area (Å²) in [5.74, 6) is -1.89. The van der Waals surface area contributed by atoms with Crippen molar-refractivity contribution in [3.8, 4) is 0 Å². The highest BCUT2D eigenvalue weighted by Gasteiger charge is 2.64. The fraction of sp³-hybridized carbons (Fsp3) is 0.207. The predicted octanol–water partition coefficient (Wildman–Crippen LogP) is 3.97. The molecule has 0 saturated carbocycles. The van der Waals surface area contributed by atoms with Gasteiger partial charge in [0, 0.05) is 6.42 Å². The van der Waals surface area contributed by atoms with Crippen LogP contribution in [0.4, 0.5) is 0 Å². The molecule has 3 aromatic rings. The number of ether oxygens (including phenoxy) is 2. The van der Waals surface area contributed by atoms with Gasteiger partial charge in [-0.05, 0) is 41.3 Å². The van der Waals surface area contributed by atoms with Crippen molar-refractivity contribution in [3.05, 3.63) is 119 Å². The van der Waals surface area contributed by atoms with E-state index in [1.54, 1.807) is 24.3 Å². The lowest BCUT2D eigenvalue weighted by atomic mass is 9.85. The summed E-state index contributed by atoms with van der Waals surface area (Å²) < 4.78 is 11.2. The van der Waals surface area contributed by atoms with Crippen molar-refractivity contribution in [3.63, 3.8) is 0 Å². The summed E-state index contributed by atoms with van der Waals surface area (Å²) >= 11 is 0. The molecule has 2 saturated heterocycles. The van der Waals surface area contributed by atoms with Gasteiger partial charge in [-0.2, -0.15) is 0 Å². The topological polar surface area (TPSA) is 93.1 Å². The minimum Gasteiger partial charge on any atom is -0.479 e. The summed E-state index contributed by atoms with van der Waals surface area (Å²) in [6.45, 7) is -0.182. The monoisotopic (exact) mass is 483 g/mol. The Morgan fingerprint density at radius 2 is 1.56 bits per heavy atom. The molecule has 2 atom stereocenters. The van der Waals surface area contributed by atoms with Gasteiger partial charge in [0.1, 0.15) is 12.4 Å². The van der Waals surface area contributed by atoms with E-state index in [9.17, 15) is 19.5 Å². The quantitative estimate of drug-likeness (QED) is 0.385. The Morgan fingerprint density at radius 1 is 0.944 bits per heavy atom. The number of hydrogen-bond donors (Lipinski definition) is 1. The molecular weight excluding hydrogens is 458 g/mol. The summed E-state index contributed by atoms with van der Waals surface area (Å²) in [5, 5.41) is 10.2. The normalized spacial score (nSPS) is 21.4. The van der Waals surface area contributed by atoms with Crippen LogP contribution in [0.15, 0.2) is 96.8 Å². The third kappa shape index (κ3) is 4.35. The van der Waals surface area contributed by atoms with Crippen molar-refractivity contribution in [2.45, 2.75) is 31.0 Å². The van der Waals surface area contributed by atoms with Gasteiger partial charge < -0.3 is 14.6 Å². The van der Waals surface area contributed by atoms with Gasteiger partial charge in [-0.25, -0.2) is 9.59 Å². The number of benzene rings is 3. The lowest BCUT2D eigenvalue weighted by molar-refractivity contribution is -0.170. The second-order valence-electron chi connectivity index (χ2n) is 8.89. The van der Waals surface area contributed by atoms with E-state index in [2.05, 4.69) is 0 Å². The molecule has 0 bridgehead atoms. The minimum atomic E-state index is -1.67. The van der Waals surface area contributed by atoms with Gasteiger partial charge in [0.25, 0.3) is 0 Å². The molecule has 0 radical (unpaired) electrons. The molecule has 36 heavy (non-hydrogen) atoms. The average molecular weight is 484 g/mol. The standard InChI is InChI=1S/C29H25NO6/c31-25-18-26-30(25)29(28(33)34,19-22-9-5-2-6-10-22)24(36-26)15-16-35-27(32)23-13-11-21(12-14-23)17-20-7-3-1-4-8-20/h1-15,26H,16-19H2,(H,33,34)/b24-15-/t26-,29-/m1/s1. The highest BCUT2D eigenvalue weighted by molar-refractivity contribution is 5.95. The smallest absolute Gasteiger partial charge is 0.338 e. The first-order valence-corrected chi connectivity index (χ1v) is 11.7. The van der Waals surface area contributed by atoms with Crippen LogP contribution in [-0.4, -0.2) is 46.2 Å². The van der Waals surface area contributed by atoms with Crippen LogP contribution in [0, 0.1) is 0 Å². The van der Waals surface area contributed by atoms with Crippen molar-refractivity contribution in [1.29, 1.82) is 0 Å². The summed E-state index contributed by atoms with van der Waals surface area (Å²) in [7, 11) is 0. The summed E-state index contributed by atoms with van der Waals surface area (Å²) in [6, 6.07) is 26.3. The molecule has 2 fully saturated rings. The van der Waals surface area contributed by atoms with E-state index in [1.165, 1.54) is 16.5 Å². The molecule has 5 rings (SSSR count). The Bertz CT molecular complexity index is 1300. The van der Waals surface area contributed by atoms with Crippen LogP contribution in [0.25, 0.3) is 0 Å². The zero-order chi connectivity index (χ0) is 25.1. The van der Waals surface area contributed by atoms with Gasteiger partial charge in [-0.3, -0.25) is 9.69 Å². The van der Waals surface area contributed by atoms with Crippen molar-refractivity contribution in [2.75, 3.05) is 6.61 Å². The van der Waals surface area contributed by atoms with E-state index >= 15 is 0 Å². The van der Waals surface area contributed by atoms with E-state index in [1.807, 2.05) is 60.7 Å². The molecule has 1 amide bonds. The van der Waals surface area contributed by atoms with Crippen LogP contribution in [0.1, 0.15) is 33.5 Å². The molecule has 7 heteroatoms. The lowest BCUT2D eigenvalue weighted by Crippen LogP contribution is -2.63.